The van der Waals surface area contributed by atoms with Gasteiger partial charge in [-0.05, 0) is 25.8 Å². The van der Waals surface area contributed by atoms with Crippen LogP contribution in [-0.2, 0) is 12.7 Å². The van der Waals surface area contributed by atoms with E-state index in [1.807, 2.05) is 0 Å². The number of hydrogen-bond donors (Lipinski definition) is 0. The maximum Gasteiger partial charge on any atom is 0.434 e. The van der Waals surface area contributed by atoms with Crippen molar-refractivity contribution in [2.24, 2.45) is 0 Å². The smallest absolute Gasteiger partial charge is 0.287 e. The van der Waals surface area contributed by atoms with Gasteiger partial charge in [-0.15, -0.1) is 0 Å². The highest BCUT2D eigenvalue weighted by Crippen LogP contribution is 2.34. The molecule has 0 aliphatic heterocycles. The van der Waals surface area contributed by atoms with E-state index in [9.17, 15) is 22.8 Å². The Labute approximate surface area is 160 Å². The van der Waals surface area contributed by atoms with E-state index in [4.69, 9.17) is 11.6 Å². The number of ketones is 1. The molecule has 0 bridgehead atoms. The van der Waals surface area contributed by atoms with Crippen LogP contribution in [0.4, 0.5) is 13.2 Å². The van der Waals surface area contributed by atoms with Gasteiger partial charge in [0.25, 0.3) is 5.56 Å². The van der Waals surface area contributed by atoms with Gasteiger partial charge in [0, 0.05) is 18.3 Å². The summed E-state index contributed by atoms with van der Waals surface area (Å²) in [7, 11) is 0. The zero-order valence-electron chi connectivity index (χ0n) is 14.5. The molecule has 11 heteroatoms. The van der Waals surface area contributed by atoms with Crippen molar-refractivity contribution in [3.05, 3.63) is 50.8 Å². The minimum atomic E-state index is -4.73. The molecular weight excluding hydrogens is 399 g/mol. The van der Waals surface area contributed by atoms with Gasteiger partial charge >= 0.3 is 6.18 Å². The molecule has 0 aromatic carbocycles. The van der Waals surface area contributed by atoms with Crippen molar-refractivity contribution < 1.29 is 18.0 Å². The molecule has 1 aliphatic carbocycles. The van der Waals surface area contributed by atoms with Gasteiger partial charge in [0.2, 0.25) is 5.78 Å². The van der Waals surface area contributed by atoms with Crippen LogP contribution in [0, 0.1) is 0 Å². The van der Waals surface area contributed by atoms with Gasteiger partial charge in [-0.25, -0.2) is 9.67 Å². The number of pyridine rings is 1. The Morgan fingerprint density at radius 2 is 2.04 bits per heavy atom. The average Bonchev–Trinajstić information content (AvgIpc) is 3.40. The maximum absolute atomic E-state index is 13.0. The van der Waals surface area contributed by atoms with Crippen LogP contribution in [0.3, 0.4) is 0 Å². The highest BCUT2D eigenvalue weighted by Gasteiger charge is 2.36. The molecule has 4 rings (SSSR count). The zero-order valence-corrected chi connectivity index (χ0v) is 15.3. The summed E-state index contributed by atoms with van der Waals surface area (Å²) in [6, 6.07) is 0.956. The lowest BCUT2D eigenvalue weighted by molar-refractivity contribution is -0.141. The van der Waals surface area contributed by atoms with Gasteiger partial charge in [-0.3, -0.25) is 14.3 Å². The minimum Gasteiger partial charge on any atom is -0.287 e. The van der Waals surface area contributed by atoms with E-state index < -0.39 is 28.2 Å². The second kappa shape index (κ2) is 6.40. The minimum absolute atomic E-state index is 0.0424. The van der Waals surface area contributed by atoms with E-state index in [-0.39, 0.29) is 34.7 Å². The van der Waals surface area contributed by atoms with Gasteiger partial charge in [-0.2, -0.15) is 23.4 Å². The molecule has 0 amide bonds. The number of carbonyl (C=O) groups excluding carboxylic acids is 1. The fourth-order valence-electron chi connectivity index (χ4n) is 2.99. The van der Waals surface area contributed by atoms with Crippen molar-refractivity contribution >= 4 is 28.3 Å². The number of halogens is 4. The number of carbonyl (C=O) groups is 1. The van der Waals surface area contributed by atoms with Crippen molar-refractivity contribution in [2.45, 2.75) is 38.5 Å². The van der Waals surface area contributed by atoms with Crippen LogP contribution in [-0.4, -0.2) is 30.3 Å². The average molecular weight is 412 g/mol. The van der Waals surface area contributed by atoms with E-state index in [1.165, 1.54) is 15.6 Å². The van der Waals surface area contributed by atoms with E-state index in [1.54, 1.807) is 6.92 Å². The molecule has 1 fully saturated rings. The molecule has 0 unspecified atom stereocenters. The van der Waals surface area contributed by atoms with E-state index >= 15 is 0 Å². The van der Waals surface area contributed by atoms with Crippen molar-refractivity contribution in [3.63, 3.8) is 0 Å². The molecule has 0 spiro atoms. The number of alkyl halides is 3. The summed E-state index contributed by atoms with van der Waals surface area (Å²) in [6.45, 7) is 2.01. The first kappa shape index (κ1) is 18.6. The highest BCUT2D eigenvalue weighted by molar-refractivity contribution is 6.32. The number of fused-ring (bicyclic) bond motifs is 1. The zero-order chi connectivity index (χ0) is 20.2. The molecule has 7 nitrogen and oxygen atoms in total. The number of aryl methyl sites for hydroxylation is 1. The lowest BCUT2D eigenvalue weighted by atomic mass is 10.1. The van der Waals surface area contributed by atoms with Gasteiger partial charge in [0.15, 0.2) is 11.2 Å². The Hall–Kier alpha value is -2.75. The predicted octanol–water partition coefficient (Wildman–Crippen LogP) is 3.25. The normalized spacial score (nSPS) is 14.6. The lowest BCUT2D eigenvalue weighted by Crippen LogP contribution is -2.21. The Kier molecular flexibility index (Phi) is 4.25. The molecule has 3 aromatic rings. The Balaban J connectivity index is 1.84. The Morgan fingerprint density at radius 3 is 2.61 bits per heavy atom. The van der Waals surface area contributed by atoms with Crippen LogP contribution in [0.2, 0.25) is 5.02 Å². The third-order valence-electron chi connectivity index (χ3n) is 4.49. The molecule has 0 radical (unpaired) electrons. The third-order valence-corrected chi connectivity index (χ3v) is 4.78. The molecule has 3 aromatic heterocycles. The fourth-order valence-corrected chi connectivity index (χ4v) is 3.27. The number of rotatable bonds is 4. The summed E-state index contributed by atoms with van der Waals surface area (Å²) < 4.78 is 41.2. The van der Waals surface area contributed by atoms with Crippen LogP contribution in [0.25, 0.3) is 10.9 Å². The first-order valence-electron chi connectivity index (χ1n) is 8.48. The van der Waals surface area contributed by atoms with E-state index in [2.05, 4.69) is 15.2 Å². The van der Waals surface area contributed by atoms with Gasteiger partial charge in [0.05, 0.1) is 22.6 Å². The molecule has 0 atom stereocenters. The standard InChI is InChI=1S/C17H13ClF3N5O2/c1-2-25-13(10-7-23-26(9-3-4-9)16(28)12(10)24-25)14(27)8-5-11(18)15(22-6-8)17(19,20)21/h5-7,9H,2-4H2,1H3. The first-order chi connectivity index (χ1) is 13.2. The van der Waals surface area contributed by atoms with Crippen molar-refractivity contribution in [1.29, 1.82) is 0 Å². The van der Waals surface area contributed by atoms with Crippen molar-refractivity contribution in [3.8, 4) is 0 Å². The fraction of sp³-hybridized carbons (Fsp3) is 0.353. The van der Waals surface area contributed by atoms with E-state index in [0.717, 1.165) is 25.1 Å². The van der Waals surface area contributed by atoms with Crippen LogP contribution in [0.5, 0.6) is 0 Å². The van der Waals surface area contributed by atoms with Crippen molar-refractivity contribution in [2.75, 3.05) is 0 Å². The summed E-state index contributed by atoms with van der Waals surface area (Å²) >= 11 is 5.68. The van der Waals surface area contributed by atoms with Crippen molar-refractivity contribution in [1.82, 2.24) is 24.5 Å². The molecule has 0 N–H and O–H groups in total. The summed E-state index contributed by atoms with van der Waals surface area (Å²) in [4.78, 5) is 28.9. The van der Waals surface area contributed by atoms with Gasteiger partial charge in [0.1, 0.15) is 5.69 Å². The molecule has 1 saturated carbocycles. The van der Waals surface area contributed by atoms with Crippen LogP contribution >= 0.6 is 11.6 Å². The SMILES string of the molecule is CCn1nc2c(=O)n(C3CC3)ncc2c1C(=O)c1cnc(C(F)(F)F)c(Cl)c1. The molecule has 3 heterocycles. The second-order valence-corrected chi connectivity index (χ2v) is 6.84. The molecule has 146 valence electrons. The predicted molar refractivity (Wildman–Crippen MR) is 93.4 cm³/mol. The number of aromatic nitrogens is 5. The Morgan fingerprint density at radius 1 is 1.32 bits per heavy atom. The third kappa shape index (κ3) is 2.97. The van der Waals surface area contributed by atoms with Gasteiger partial charge in [-0.1, -0.05) is 11.6 Å². The number of hydrogen-bond acceptors (Lipinski definition) is 5. The second-order valence-electron chi connectivity index (χ2n) is 6.43. The van der Waals surface area contributed by atoms with E-state index in [0.29, 0.717) is 0 Å². The molecule has 0 saturated heterocycles. The molecular formula is C17H13ClF3N5O2. The summed E-state index contributed by atoms with van der Waals surface area (Å²) in [5, 5.41) is 7.90. The number of nitrogens with zero attached hydrogens (tertiary/aromatic N) is 5. The largest absolute Gasteiger partial charge is 0.434 e. The maximum atomic E-state index is 13.0. The van der Waals surface area contributed by atoms with Gasteiger partial charge < -0.3 is 0 Å². The lowest BCUT2D eigenvalue weighted by Gasteiger charge is -2.09. The summed E-state index contributed by atoms with van der Waals surface area (Å²) in [5.74, 6) is -0.641. The summed E-state index contributed by atoms with van der Waals surface area (Å²) in [5.41, 5.74) is -1.65. The molecule has 28 heavy (non-hydrogen) atoms. The topological polar surface area (TPSA) is 82.7 Å². The quantitative estimate of drug-likeness (QED) is 0.615. The summed E-state index contributed by atoms with van der Waals surface area (Å²) in [6.07, 6.45) is -0.813. The monoisotopic (exact) mass is 411 g/mol. The van der Waals surface area contributed by atoms with Crippen LogP contribution in [0.1, 0.15) is 47.6 Å². The molecule has 1 aliphatic rings. The highest BCUT2D eigenvalue weighted by atomic mass is 35.5. The van der Waals surface area contributed by atoms with Crippen LogP contribution in [0.15, 0.2) is 23.3 Å². The Bertz CT molecular complexity index is 1160. The first-order valence-corrected chi connectivity index (χ1v) is 8.86. The van der Waals surface area contributed by atoms with Crippen LogP contribution < -0.4 is 5.56 Å².